The zero-order valence-corrected chi connectivity index (χ0v) is 9.37. The highest BCUT2D eigenvalue weighted by atomic mass is 19.4. The third-order valence-corrected chi connectivity index (χ3v) is 2.62. The Bertz CT molecular complexity index is 610. The van der Waals surface area contributed by atoms with Crippen LogP contribution in [0.15, 0.2) is 43.1 Å². The molecule has 0 aliphatic heterocycles. The molecule has 2 aromatic rings. The zero-order chi connectivity index (χ0) is 13.3. The van der Waals surface area contributed by atoms with E-state index in [1.54, 1.807) is 28.8 Å². The van der Waals surface area contributed by atoms with E-state index in [0.29, 0.717) is 17.4 Å². The van der Waals surface area contributed by atoms with Gasteiger partial charge in [0, 0.05) is 23.6 Å². The van der Waals surface area contributed by atoms with Crippen molar-refractivity contribution in [2.24, 2.45) is 0 Å². The number of rotatable bonds is 3. The molecule has 0 saturated carbocycles. The van der Waals surface area contributed by atoms with Crippen LogP contribution in [0.1, 0.15) is 10.4 Å². The van der Waals surface area contributed by atoms with E-state index < -0.39 is 12.0 Å². The maximum atomic E-state index is 12.5. The minimum Gasteiger partial charge on any atom is -0.343 e. The number of nitrogens with zero attached hydrogens (tertiary/aromatic N) is 1. The predicted molar refractivity (Wildman–Crippen MR) is 62.5 cm³/mol. The molecule has 0 N–H and O–H groups in total. The van der Waals surface area contributed by atoms with E-state index in [0.717, 1.165) is 0 Å². The molecule has 1 aromatic heterocycles. The van der Waals surface area contributed by atoms with E-state index in [1.807, 2.05) is 0 Å². The number of alkyl halides is 3. The van der Waals surface area contributed by atoms with E-state index in [2.05, 4.69) is 6.58 Å². The third kappa shape index (κ3) is 2.03. The van der Waals surface area contributed by atoms with E-state index in [9.17, 15) is 18.0 Å². The molecule has 1 heterocycles. The van der Waals surface area contributed by atoms with Crippen LogP contribution < -0.4 is 0 Å². The number of ketones is 1. The van der Waals surface area contributed by atoms with Crippen LogP contribution in [0.5, 0.6) is 0 Å². The Morgan fingerprint density at radius 2 is 2.00 bits per heavy atom. The van der Waals surface area contributed by atoms with Crippen molar-refractivity contribution < 1.29 is 18.0 Å². The lowest BCUT2D eigenvalue weighted by Crippen LogP contribution is -2.22. The maximum absolute atomic E-state index is 12.5. The van der Waals surface area contributed by atoms with Crippen molar-refractivity contribution in [3.05, 3.63) is 48.7 Å². The largest absolute Gasteiger partial charge is 0.454 e. The minimum atomic E-state index is -4.86. The van der Waals surface area contributed by atoms with Gasteiger partial charge in [-0.2, -0.15) is 13.2 Å². The number of carbonyl (C=O) groups excluding carboxylic acids is 1. The van der Waals surface area contributed by atoms with Gasteiger partial charge >= 0.3 is 6.18 Å². The second-order valence-electron chi connectivity index (χ2n) is 3.83. The van der Waals surface area contributed by atoms with Gasteiger partial charge in [0.2, 0.25) is 0 Å². The second-order valence-corrected chi connectivity index (χ2v) is 3.83. The van der Waals surface area contributed by atoms with Gasteiger partial charge in [0.15, 0.2) is 0 Å². The van der Waals surface area contributed by atoms with Crippen molar-refractivity contribution >= 4 is 16.7 Å². The van der Waals surface area contributed by atoms with Crippen molar-refractivity contribution in [1.29, 1.82) is 0 Å². The molecule has 0 aliphatic carbocycles. The summed E-state index contributed by atoms with van der Waals surface area (Å²) in [6.07, 6.45) is -2.07. The summed E-state index contributed by atoms with van der Waals surface area (Å²) >= 11 is 0. The summed E-state index contributed by atoms with van der Waals surface area (Å²) in [7, 11) is 0. The SMILES string of the molecule is C=CCn1cc(C(=O)C(F)(F)F)c2ccccc21. The minimum absolute atomic E-state index is 0.307. The molecule has 0 amide bonds. The first-order valence-corrected chi connectivity index (χ1v) is 5.25. The molecule has 5 heteroatoms. The number of hydrogen-bond donors (Lipinski definition) is 0. The summed E-state index contributed by atoms with van der Waals surface area (Å²) in [4.78, 5) is 11.3. The lowest BCUT2D eigenvalue weighted by molar-refractivity contribution is -0.0884. The van der Waals surface area contributed by atoms with Crippen LogP contribution in [0.2, 0.25) is 0 Å². The highest BCUT2D eigenvalue weighted by Crippen LogP contribution is 2.28. The molecule has 94 valence electrons. The lowest BCUT2D eigenvalue weighted by atomic mass is 10.1. The summed E-state index contributed by atoms with van der Waals surface area (Å²) in [6.45, 7) is 3.89. The molecule has 0 spiro atoms. The maximum Gasteiger partial charge on any atom is 0.454 e. The highest BCUT2D eigenvalue weighted by Gasteiger charge is 2.40. The monoisotopic (exact) mass is 253 g/mol. The predicted octanol–water partition coefficient (Wildman–Crippen LogP) is 3.57. The summed E-state index contributed by atoms with van der Waals surface area (Å²) in [5, 5.41) is 0.307. The molecule has 0 aliphatic rings. The number of carbonyl (C=O) groups is 1. The molecule has 0 bridgehead atoms. The Kier molecular flexibility index (Phi) is 2.98. The Morgan fingerprint density at radius 1 is 1.33 bits per heavy atom. The van der Waals surface area contributed by atoms with E-state index in [4.69, 9.17) is 0 Å². The molecule has 0 atom stereocenters. The number of allylic oxidation sites excluding steroid dienone is 1. The van der Waals surface area contributed by atoms with Crippen LogP contribution in [-0.2, 0) is 6.54 Å². The summed E-state index contributed by atoms with van der Waals surface area (Å²) < 4.78 is 39.0. The van der Waals surface area contributed by atoms with Crippen molar-refractivity contribution in [2.75, 3.05) is 0 Å². The number of benzene rings is 1. The highest BCUT2D eigenvalue weighted by molar-refractivity contribution is 6.10. The Labute approximate surface area is 101 Å². The topological polar surface area (TPSA) is 22.0 Å². The van der Waals surface area contributed by atoms with Gasteiger partial charge in [0.05, 0.1) is 5.56 Å². The normalized spacial score (nSPS) is 11.7. The Hall–Kier alpha value is -2.04. The Morgan fingerprint density at radius 3 is 2.61 bits per heavy atom. The molecule has 0 unspecified atom stereocenters. The number of fused-ring (bicyclic) bond motifs is 1. The molecule has 2 rings (SSSR count). The first kappa shape index (κ1) is 12.4. The summed E-state index contributed by atoms with van der Waals surface area (Å²) in [5.41, 5.74) is 0.268. The van der Waals surface area contributed by atoms with Gasteiger partial charge in [-0.15, -0.1) is 6.58 Å². The second kappa shape index (κ2) is 4.33. The van der Waals surface area contributed by atoms with E-state index in [1.165, 1.54) is 12.3 Å². The lowest BCUT2D eigenvalue weighted by Gasteiger charge is -2.02. The smallest absolute Gasteiger partial charge is 0.343 e. The fraction of sp³-hybridized carbons (Fsp3) is 0.154. The van der Waals surface area contributed by atoms with Crippen LogP contribution in [0.3, 0.4) is 0 Å². The van der Waals surface area contributed by atoms with Crippen molar-refractivity contribution in [3.8, 4) is 0 Å². The molecule has 18 heavy (non-hydrogen) atoms. The van der Waals surface area contributed by atoms with Crippen LogP contribution in [-0.4, -0.2) is 16.5 Å². The van der Waals surface area contributed by atoms with Gasteiger partial charge in [-0.1, -0.05) is 24.3 Å². The number of aromatic nitrogens is 1. The molecule has 2 nitrogen and oxygen atoms in total. The first-order chi connectivity index (χ1) is 8.45. The van der Waals surface area contributed by atoms with Gasteiger partial charge < -0.3 is 4.57 Å². The number of halogens is 3. The van der Waals surface area contributed by atoms with Crippen LogP contribution >= 0.6 is 0 Å². The van der Waals surface area contributed by atoms with E-state index in [-0.39, 0.29) is 5.56 Å². The molecular formula is C13H10F3NO. The van der Waals surface area contributed by atoms with Crippen molar-refractivity contribution in [2.45, 2.75) is 12.7 Å². The van der Waals surface area contributed by atoms with Crippen molar-refractivity contribution in [1.82, 2.24) is 4.57 Å². The quantitative estimate of drug-likeness (QED) is 0.605. The van der Waals surface area contributed by atoms with Gasteiger partial charge in [0.1, 0.15) is 0 Å². The van der Waals surface area contributed by atoms with Gasteiger partial charge in [-0.3, -0.25) is 4.79 Å². The number of Topliss-reactive ketones (excluding diaryl/α,β-unsaturated/α-hetero) is 1. The van der Waals surface area contributed by atoms with Crippen LogP contribution in [0.4, 0.5) is 13.2 Å². The Balaban J connectivity index is 2.65. The summed E-state index contributed by atoms with van der Waals surface area (Å²) in [6, 6.07) is 6.50. The molecule has 0 saturated heterocycles. The third-order valence-electron chi connectivity index (χ3n) is 2.62. The number of hydrogen-bond acceptors (Lipinski definition) is 1. The average molecular weight is 253 g/mol. The van der Waals surface area contributed by atoms with E-state index >= 15 is 0 Å². The molecular weight excluding hydrogens is 243 g/mol. The molecule has 1 aromatic carbocycles. The van der Waals surface area contributed by atoms with Crippen molar-refractivity contribution in [3.63, 3.8) is 0 Å². The molecule has 0 radical (unpaired) electrons. The van der Waals surface area contributed by atoms with Gasteiger partial charge in [-0.05, 0) is 6.07 Å². The number of para-hydroxylation sites is 1. The average Bonchev–Trinajstić information content (AvgIpc) is 2.67. The standard InChI is InChI=1S/C13H10F3NO/c1-2-7-17-8-10(12(18)13(14,15)16)9-5-3-4-6-11(9)17/h2-6,8H,1,7H2. The van der Waals surface area contributed by atoms with Crippen LogP contribution in [0.25, 0.3) is 10.9 Å². The fourth-order valence-corrected chi connectivity index (χ4v) is 1.87. The molecule has 0 fully saturated rings. The van der Waals surface area contributed by atoms with Gasteiger partial charge in [0.25, 0.3) is 5.78 Å². The zero-order valence-electron chi connectivity index (χ0n) is 9.37. The fourth-order valence-electron chi connectivity index (χ4n) is 1.87. The first-order valence-electron chi connectivity index (χ1n) is 5.25. The van der Waals surface area contributed by atoms with Crippen LogP contribution in [0, 0.1) is 0 Å². The van der Waals surface area contributed by atoms with Gasteiger partial charge in [-0.25, -0.2) is 0 Å². The summed E-state index contributed by atoms with van der Waals surface area (Å²) in [5.74, 6) is -1.82.